The van der Waals surface area contributed by atoms with Gasteiger partial charge >= 0.3 is 0 Å². The highest BCUT2D eigenvalue weighted by Crippen LogP contribution is 2.36. The smallest absolute Gasteiger partial charge is 0.122 e. The van der Waals surface area contributed by atoms with Crippen molar-refractivity contribution >= 4 is 0 Å². The van der Waals surface area contributed by atoms with Gasteiger partial charge in [-0.3, -0.25) is 4.90 Å². The van der Waals surface area contributed by atoms with Gasteiger partial charge < -0.3 is 4.74 Å². The Morgan fingerprint density at radius 1 is 1.30 bits per heavy atom. The minimum atomic E-state index is -1.18. The van der Waals surface area contributed by atoms with Crippen LogP contribution in [0.25, 0.3) is 0 Å². The molecule has 0 N–H and O–H groups in total. The average Bonchev–Trinajstić information content (AvgIpc) is 2.90. The molecular formula is C17H24FNO. The summed E-state index contributed by atoms with van der Waals surface area (Å²) in [6, 6.07) is 6.25. The predicted molar refractivity (Wildman–Crippen MR) is 78.8 cm³/mol. The van der Waals surface area contributed by atoms with Crippen LogP contribution in [0.4, 0.5) is 4.39 Å². The molecule has 0 amide bonds. The van der Waals surface area contributed by atoms with Crippen molar-refractivity contribution in [3.63, 3.8) is 0 Å². The van der Waals surface area contributed by atoms with Crippen LogP contribution in [-0.4, -0.2) is 30.3 Å². The summed E-state index contributed by atoms with van der Waals surface area (Å²) in [6.45, 7) is 7.16. The van der Waals surface area contributed by atoms with E-state index in [4.69, 9.17) is 4.74 Å². The van der Waals surface area contributed by atoms with E-state index in [9.17, 15) is 4.39 Å². The van der Waals surface area contributed by atoms with Crippen LogP contribution in [0.15, 0.2) is 18.2 Å². The molecule has 0 aliphatic carbocycles. The molecule has 0 spiro atoms. The first-order valence-corrected chi connectivity index (χ1v) is 7.69. The number of ether oxygens (including phenoxy) is 1. The number of hydrogen-bond donors (Lipinski definition) is 0. The van der Waals surface area contributed by atoms with Crippen molar-refractivity contribution in [2.75, 3.05) is 19.7 Å². The molecule has 1 aromatic rings. The van der Waals surface area contributed by atoms with E-state index in [1.807, 2.05) is 6.07 Å². The first kappa shape index (κ1) is 13.9. The Kier molecular flexibility index (Phi) is 3.72. The minimum absolute atomic E-state index is 0.0465. The van der Waals surface area contributed by atoms with Gasteiger partial charge in [-0.25, -0.2) is 4.39 Å². The van der Waals surface area contributed by atoms with Gasteiger partial charge in [0.2, 0.25) is 0 Å². The van der Waals surface area contributed by atoms with Crippen LogP contribution in [0, 0.1) is 5.92 Å². The van der Waals surface area contributed by atoms with E-state index in [1.165, 1.54) is 37.1 Å². The average molecular weight is 277 g/mol. The summed E-state index contributed by atoms with van der Waals surface area (Å²) >= 11 is 0. The van der Waals surface area contributed by atoms with Gasteiger partial charge in [-0.05, 0) is 63.4 Å². The number of hydrogen-bond acceptors (Lipinski definition) is 2. The van der Waals surface area contributed by atoms with Crippen molar-refractivity contribution in [2.45, 2.75) is 45.3 Å². The van der Waals surface area contributed by atoms with E-state index >= 15 is 0 Å². The zero-order valence-corrected chi connectivity index (χ0v) is 12.5. The zero-order chi connectivity index (χ0) is 14.2. The highest BCUT2D eigenvalue weighted by atomic mass is 19.1. The third-order valence-corrected chi connectivity index (χ3v) is 4.68. The summed E-state index contributed by atoms with van der Waals surface area (Å²) in [5.74, 6) is 0.914. The first-order chi connectivity index (χ1) is 9.54. The normalized spacial score (nSPS) is 23.4. The monoisotopic (exact) mass is 277 g/mol. The van der Waals surface area contributed by atoms with Gasteiger partial charge in [0.05, 0.1) is 6.61 Å². The molecule has 2 aliphatic heterocycles. The SMILES string of the molecule is CC(C)(F)C1COc2cccc(CN3CCCC3)c2C1. The van der Waals surface area contributed by atoms with Crippen LogP contribution in [0.2, 0.25) is 0 Å². The van der Waals surface area contributed by atoms with E-state index in [0.29, 0.717) is 6.61 Å². The standard InChI is InChI=1S/C17H24FNO/c1-17(2,18)14-10-15-13(11-19-8-3-4-9-19)6-5-7-16(15)20-12-14/h5-7,14H,3-4,8-12H2,1-2H3. The number of halogens is 1. The lowest BCUT2D eigenvalue weighted by atomic mass is 9.84. The summed E-state index contributed by atoms with van der Waals surface area (Å²) in [4.78, 5) is 2.49. The van der Waals surface area contributed by atoms with Crippen molar-refractivity contribution < 1.29 is 9.13 Å². The lowest BCUT2D eigenvalue weighted by molar-refractivity contribution is 0.0688. The zero-order valence-electron chi connectivity index (χ0n) is 12.5. The minimum Gasteiger partial charge on any atom is -0.493 e. The van der Waals surface area contributed by atoms with Crippen molar-refractivity contribution in [1.29, 1.82) is 0 Å². The largest absolute Gasteiger partial charge is 0.493 e. The van der Waals surface area contributed by atoms with Crippen LogP contribution < -0.4 is 4.74 Å². The second-order valence-corrected chi connectivity index (χ2v) is 6.65. The van der Waals surface area contributed by atoms with Crippen LogP contribution in [0.1, 0.15) is 37.8 Å². The van der Waals surface area contributed by atoms with Crippen LogP contribution >= 0.6 is 0 Å². The number of rotatable bonds is 3. The Hall–Kier alpha value is -1.09. The molecule has 1 atom stereocenters. The molecule has 0 radical (unpaired) electrons. The van der Waals surface area contributed by atoms with Crippen molar-refractivity contribution in [2.24, 2.45) is 5.92 Å². The fourth-order valence-electron chi connectivity index (χ4n) is 3.24. The molecule has 3 heteroatoms. The van der Waals surface area contributed by atoms with Crippen molar-refractivity contribution in [1.82, 2.24) is 4.90 Å². The molecule has 2 heterocycles. The first-order valence-electron chi connectivity index (χ1n) is 7.69. The molecule has 0 aromatic heterocycles. The van der Waals surface area contributed by atoms with E-state index in [1.54, 1.807) is 13.8 Å². The van der Waals surface area contributed by atoms with Gasteiger partial charge in [-0.2, -0.15) is 0 Å². The highest BCUT2D eigenvalue weighted by Gasteiger charge is 2.34. The van der Waals surface area contributed by atoms with Crippen LogP contribution in [0.5, 0.6) is 5.75 Å². The quantitative estimate of drug-likeness (QED) is 0.837. The maximum atomic E-state index is 14.2. The summed E-state index contributed by atoms with van der Waals surface area (Å²) in [6.07, 6.45) is 3.39. The van der Waals surface area contributed by atoms with Crippen molar-refractivity contribution in [3.05, 3.63) is 29.3 Å². The van der Waals surface area contributed by atoms with Crippen molar-refractivity contribution in [3.8, 4) is 5.75 Å². The Balaban J connectivity index is 1.82. The van der Waals surface area contributed by atoms with E-state index in [2.05, 4.69) is 17.0 Å². The van der Waals surface area contributed by atoms with E-state index in [-0.39, 0.29) is 5.92 Å². The Morgan fingerprint density at radius 2 is 2.05 bits per heavy atom. The molecule has 3 rings (SSSR count). The third kappa shape index (κ3) is 2.83. The molecule has 1 unspecified atom stereocenters. The fraction of sp³-hybridized carbons (Fsp3) is 0.647. The van der Waals surface area contributed by atoms with E-state index < -0.39 is 5.67 Å². The number of likely N-dealkylation sites (tertiary alicyclic amines) is 1. The maximum Gasteiger partial charge on any atom is 0.122 e. The number of nitrogens with zero attached hydrogens (tertiary/aromatic N) is 1. The maximum absolute atomic E-state index is 14.2. The highest BCUT2D eigenvalue weighted by molar-refractivity contribution is 5.42. The lowest BCUT2D eigenvalue weighted by Gasteiger charge is -2.33. The lowest BCUT2D eigenvalue weighted by Crippen LogP contribution is -2.36. The number of benzene rings is 1. The molecule has 1 aromatic carbocycles. The second-order valence-electron chi connectivity index (χ2n) is 6.65. The molecule has 1 fully saturated rings. The predicted octanol–water partition coefficient (Wildman–Crippen LogP) is 3.58. The van der Waals surface area contributed by atoms with Gasteiger partial charge in [0.15, 0.2) is 0 Å². The molecule has 1 saturated heterocycles. The second kappa shape index (κ2) is 5.36. The Morgan fingerprint density at radius 3 is 2.75 bits per heavy atom. The van der Waals surface area contributed by atoms with Gasteiger partial charge in [0.1, 0.15) is 11.4 Å². The molecule has 0 saturated carbocycles. The topological polar surface area (TPSA) is 12.5 Å². The van der Waals surface area contributed by atoms with E-state index in [0.717, 1.165) is 18.7 Å². The molecule has 2 nitrogen and oxygen atoms in total. The summed E-state index contributed by atoms with van der Waals surface area (Å²) in [7, 11) is 0. The molecule has 2 aliphatic rings. The summed E-state index contributed by atoms with van der Waals surface area (Å²) in [5.41, 5.74) is 1.36. The van der Waals surface area contributed by atoms with Gasteiger partial charge in [-0.1, -0.05) is 12.1 Å². The number of fused-ring (bicyclic) bond motifs is 1. The van der Waals surface area contributed by atoms with Crippen LogP contribution in [0.3, 0.4) is 0 Å². The third-order valence-electron chi connectivity index (χ3n) is 4.68. The van der Waals surface area contributed by atoms with Crippen LogP contribution in [-0.2, 0) is 13.0 Å². The summed E-state index contributed by atoms with van der Waals surface area (Å²) in [5, 5.41) is 0. The van der Waals surface area contributed by atoms with Gasteiger partial charge in [0.25, 0.3) is 0 Å². The summed E-state index contributed by atoms with van der Waals surface area (Å²) < 4.78 is 20.0. The number of alkyl halides is 1. The molecule has 110 valence electrons. The molecule has 0 bridgehead atoms. The Labute approximate surface area is 120 Å². The Bertz CT molecular complexity index is 474. The van der Waals surface area contributed by atoms with Gasteiger partial charge in [0, 0.05) is 12.5 Å². The fourth-order valence-corrected chi connectivity index (χ4v) is 3.24. The van der Waals surface area contributed by atoms with Gasteiger partial charge in [-0.15, -0.1) is 0 Å². The molecular weight excluding hydrogens is 253 g/mol. The molecule has 20 heavy (non-hydrogen) atoms.